The third kappa shape index (κ3) is 3.00. The average molecular weight is 231 g/mol. The van der Waals surface area contributed by atoms with Gasteiger partial charge < -0.3 is 5.73 Å². The largest absolute Gasteiger partial charge is 0.383 e. The minimum Gasteiger partial charge on any atom is -0.383 e. The lowest BCUT2D eigenvalue weighted by atomic mass is 10.3. The fourth-order valence-electron chi connectivity index (χ4n) is 0.560. The summed E-state index contributed by atoms with van der Waals surface area (Å²) in [4.78, 5) is 14.0. The second kappa shape index (κ2) is 5.71. The zero-order valence-corrected chi connectivity index (χ0v) is 8.63. The minimum absolute atomic E-state index is 0.262. The zero-order chi connectivity index (χ0) is 9.56. The molecule has 0 saturated carbocycles. The summed E-state index contributed by atoms with van der Waals surface area (Å²) in [7, 11) is 0. The summed E-state index contributed by atoms with van der Waals surface area (Å²) in [6, 6.07) is 1.62. The summed E-state index contributed by atoms with van der Waals surface area (Å²) in [5.41, 5.74) is 5.75. The first-order valence-electron chi connectivity index (χ1n) is 3.60. The molecule has 1 heterocycles. The Kier molecular flexibility index (Phi) is 5.28. The van der Waals surface area contributed by atoms with E-state index in [-0.39, 0.29) is 5.82 Å². The lowest BCUT2D eigenvalue weighted by Gasteiger charge is -1.95. The van der Waals surface area contributed by atoms with Gasteiger partial charge in [0.05, 0.1) is 5.56 Å². The van der Waals surface area contributed by atoms with Gasteiger partial charge in [-0.1, -0.05) is 13.8 Å². The molecule has 3 nitrogen and oxygen atoms in total. The normalized spacial score (nSPS) is 8.25. The number of aromatic nitrogens is 1. The molecule has 1 aromatic rings. The van der Waals surface area contributed by atoms with Crippen LogP contribution in [-0.4, -0.2) is 11.3 Å². The Morgan fingerprint density at radius 2 is 2.17 bits per heavy atom. The van der Waals surface area contributed by atoms with Crippen LogP contribution in [0.1, 0.15) is 24.2 Å². The predicted molar refractivity (Wildman–Crippen MR) is 53.1 cm³/mol. The molecule has 0 atom stereocenters. The Morgan fingerprint density at radius 3 is 2.58 bits per heavy atom. The van der Waals surface area contributed by atoms with E-state index >= 15 is 0 Å². The van der Waals surface area contributed by atoms with Gasteiger partial charge in [0.2, 0.25) is 0 Å². The number of hydrogen-bond acceptors (Lipinski definition) is 3. The van der Waals surface area contributed by atoms with Crippen molar-refractivity contribution in [2.45, 2.75) is 13.8 Å². The molecule has 0 aliphatic carbocycles. The quantitative estimate of drug-likeness (QED) is 0.754. The summed E-state index contributed by atoms with van der Waals surface area (Å²) in [6.45, 7) is 4.00. The lowest BCUT2D eigenvalue weighted by molar-refractivity contribution is 0.112. The number of carbonyl (C=O) groups excluding carboxylic acids is 1. The molecule has 0 bridgehead atoms. The van der Waals surface area contributed by atoms with E-state index in [9.17, 15) is 4.79 Å². The minimum atomic E-state index is 0.262. The maximum Gasteiger partial charge on any atom is 0.153 e. The molecule has 1 rings (SSSR count). The van der Waals surface area contributed by atoms with Gasteiger partial charge in [0, 0.05) is 10.7 Å². The van der Waals surface area contributed by atoms with Crippen LogP contribution in [0.5, 0.6) is 0 Å². The monoisotopic (exact) mass is 230 g/mol. The van der Waals surface area contributed by atoms with E-state index in [2.05, 4.69) is 20.9 Å². The number of halogens is 1. The molecule has 4 heteroatoms. The summed E-state index contributed by atoms with van der Waals surface area (Å²) >= 11 is 3.16. The third-order valence-corrected chi connectivity index (χ3v) is 1.48. The van der Waals surface area contributed by atoms with Gasteiger partial charge in [-0.2, -0.15) is 0 Å². The van der Waals surface area contributed by atoms with Crippen molar-refractivity contribution in [2.75, 3.05) is 5.73 Å². The van der Waals surface area contributed by atoms with E-state index in [1.165, 1.54) is 0 Å². The highest BCUT2D eigenvalue weighted by atomic mass is 79.9. The van der Waals surface area contributed by atoms with Crippen LogP contribution >= 0.6 is 15.9 Å². The van der Waals surface area contributed by atoms with Crippen LogP contribution in [0.25, 0.3) is 0 Å². The SMILES string of the molecule is CC.Nc1ncc(Br)cc1C=O. The van der Waals surface area contributed by atoms with Crippen LogP contribution in [0.4, 0.5) is 5.82 Å². The topological polar surface area (TPSA) is 56.0 Å². The van der Waals surface area contributed by atoms with E-state index in [1.54, 1.807) is 12.3 Å². The predicted octanol–water partition coefficient (Wildman–Crippen LogP) is 2.27. The van der Waals surface area contributed by atoms with Gasteiger partial charge in [-0.15, -0.1) is 0 Å². The fraction of sp³-hybridized carbons (Fsp3) is 0.250. The lowest BCUT2D eigenvalue weighted by Crippen LogP contribution is -1.95. The second-order valence-electron chi connectivity index (χ2n) is 1.75. The highest BCUT2D eigenvalue weighted by Crippen LogP contribution is 2.12. The summed E-state index contributed by atoms with van der Waals surface area (Å²) in [5.74, 6) is 0.262. The van der Waals surface area contributed by atoms with Crippen LogP contribution in [0.2, 0.25) is 0 Å². The van der Waals surface area contributed by atoms with Gasteiger partial charge in [0.15, 0.2) is 6.29 Å². The number of carbonyl (C=O) groups is 1. The van der Waals surface area contributed by atoms with E-state index in [0.29, 0.717) is 11.8 Å². The zero-order valence-electron chi connectivity index (χ0n) is 7.04. The van der Waals surface area contributed by atoms with E-state index in [1.807, 2.05) is 13.8 Å². The van der Waals surface area contributed by atoms with Crippen molar-refractivity contribution in [3.8, 4) is 0 Å². The third-order valence-electron chi connectivity index (χ3n) is 1.04. The molecule has 0 saturated heterocycles. The molecule has 0 aromatic carbocycles. The first-order valence-corrected chi connectivity index (χ1v) is 4.39. The standard InChI is InChI=1S/C6H5BrN2O.C2H6/c7-5-1-4(3-10)6(8)9-2-5;1-2/h1-3H,(H2,8,9);1-2H3. The molecule has 0 aliphatic heterocycles. The van der Waals surface area contributed by atoms with Crippen LogP contribution < -0.4 is 5.73 Å². The van der Waals surface area contributed by atoms with E-state index < -0.39 is 0 Å². The van der Waals surface area contributed by atoms with Crippen molar-refractivity contribution in [2.24, 2.45) is 0 Å². The molecule has 12 heavy (non-hydrogen) atoms. The van der Waals surface area contributed by atoms with Crippen LogP contribution in [-0.2, 0) is 0 Å². The summed E-state index contributed by atoms with van der Waals surface area (Å²) in [6.07, 6.45) is 2.22. The Morgan fingerprint density at radius 1 is 1.58 bits per heavy atom. The number of hydrogen-bond donors (Lipinski definition) is 1. The highest BCUT2D eigenvalue weighted by molar-refractivity contribution is 9.10. The van der Waals surface area contributed by atoms with Crippen molar-refractivity contribution in [1.29, 1.82) is 0 Å². The van der Waals surface area contributed by atoms with Gasteiger partial charge >= 0.3 is 0 Å². The summed E-state index contributed by atoms with van der Waals surface area (Å²) < 4.78 is 0.754. The molecule has 0 spiro atoms. The van der Waals surface area contributed by atoms with Crippen molar-refractivity contribution in [3.63, 3.8) is 0 Å². The van der Waals surface area contributed by atoms with E-state index in [0.717, 1.165) is 4.47 Å². The molecule has 0 radical (unpaired) electrons. The van der Waals surface area contributed by atoms with Crippen molar-refractivity contribution in [1.82, 2.24) is 4.98 Å². The van der Waals surface area contributed by atoms with Crippen LogP contribution in [0, 0.1) is 0 Å². The first kappa shape index (κ1) is 11.1. The number of anilines is 1. The van der Waals surface area contributed by atoms with Crippen molar-refractivity contribution in [3.05, 3.63) is 22.3 Å². The molecule has 0 amide bonds. The van der Waals surface area contributed by atoms with Gasteiger partial charge in [0.1, 0.15) is 5.82 Å². The number of rotatable bonds is 1. The van der Waals surface area contributed by atoms with Gasteiger partial charge in [-0.05, 0) is 22.0 Å². The molecular formula is C8H11BrN2O. The van der Waals surface area contributed by atoms with Gasteiger partial charge in [-0.3, -0.25) is 4.79 Å². The van der Waals surface area contributed by atoms with Crippen LogP contribution in [0.15, 0.2) is 16.7 Å². The maximum atomic E-state index is 10.2. The maximum absolute atomic E-state index is 10.2. The fourth-order valence-corrected chi connectivity index (χ4v) is 0.909. The van der Waals surface area contributed by atoms with Crippen molar-refractivity contribution >= 4 is 28.0 Å². The molecule has 0 fully saturated rings. The molecule has 2 N–H and O–H groups in total. The van der Waals surface area contributed by atoms with E-state index in [4.69, 9.17) is 5.73 Å². The number of nitrogen functional groups attached to an aromatic ring is 1. The van der Waals surface area contributed by atoms with Gasteiger partial charge in [0.25, 0.3) is 0 Å². The smallest absolute Gasteiger partial charge is 0.153 e. The molecule has 66 valence electrons. The molecule has 0 aliphatic rings. The second-order valence-corrected chi connectivity index (χ2v) is 2.66. The number of nitrogens with two attached hydrogens (primary N) is 1. The van der Waals surface area contributed by atoms with Crippen LogP contribution in [0.3, 0.4) is 0 Å². The Labute approximate surface area is 80.1 Å². The first-order chi connectivity index (χ1) is 5.74. The van der Waals surface area contributed by atoms with Crippen molar-refractivity contribution < 1.29 is 4.79 Å². The Bertz CT molecular complexity index is 263. The average Bonchev–Trinajstić information content (AvgIpc) is 2.13. The summed E-state index contributed by atoms with van der Waals surface area (Å²) in [5, 5.41) is 0. The number of pyridine rings is 1. The highest BCUT2D eigenvalue weighted by Gasteiger charge is 1.97. The Balaban J connectivity index is 0.000000561. The number of aldehydes is 1. The van der Waals surface area contributed by atoms with Gasteiger partial charge in [-0.25, -0.2) is 4.98 Å². The molecule has 0 unspecified atom stereocenters. The Hall–Kier alpha value is -0.900. The molecular weight excluding hydrogens is 220 g/mol. The molecule has 1 aromatic heterocycles. The number of nitrogens with zero attached hydrogens (tertiary/aromatic N) is 1.